The zero-order valence-electron chi connectivity index (χ0n) is 25.4. The Morgan fingerprint density at radius 1 is 0.319 bits per heavy atom. The molecule has 23 nitrogen and oxygen atoms in total. The van der Waals surface area contributed by atoms with E-state index < -0.39 is 100 Å². The van der Waals surface area contributed by atoms with E-state index in [1.807, 2.05) is 0 Å². The van der Waals surface area contributed by atoms with Crippen molar-refractivity contribution in [3.8, 4) is 0 Å². The number of carbonyl (C=O) groups excluding carboxylic acids is 8. The molecule has 0 saturated heterocycles. The van der Waals surface area contributed by atoms with Crippen molar-refractivity contribution < 1.29 is 119 Å². The second-order valence-corrected chi connectivity index (χ2v) is 8.53. The van der Waals surface area contributed by atoms with Gasteiger partial charge in [-0.3, -0.25) is 19.6 Å². The first kappa shape index (κ1) is 59.0. The third kappa shape index (κ3) is 42.5. The van der Waals surface area contributed by atoms with E-state index in [1.165, 1.54) is 0 Å². The van der Waals surface area contributed by atoms with Gasteiger partial charge in [0.05, 0.1) is 47.8 Å². The molecule has 0 aliphatic heterocycles. The monoisotopic (exact) mass is 770 g/mol. The van der Waals surface area contributed by atoms with Crippen LogP contribution >= 0.6 is 0 Å². The zero-order valence-corrected chi connectivity index (χ0v) is 27.6. The van der Waals surface area contributed by atoms with Crippen LogP contribution in [0.4, 0.5) is 0 Å². The summed E-state index contributed by atoms with van der Waals surface area (Å²) in [6.45, 7) is -5.10. The largest absolute Gasteiger partial charge is 3.00 e. The fourth-order valence-electron chi connectivity index (χ4n) is 3.35. The van der Waals surface area contributed by atoms with Crippen LogP contribution in [0.15, 0.2) is 0 Å². The summed E-state index contributed by atoms with van der Waals surface area (Å²) < 4.78 is 0. The third-order valence-corrected chi connectivity index (χ3v) is 4.72. The molecule has 0 spiro atoms. The molecule has 2 radical (unpaired) electrons. The molecule has 47 heavy (non-hydrogen) atoms. The van der Waals surface area contributed by atoms with Gasteiger partial charge < -0.3 is 97.0 Å². The molecule has 0 aliphatic rings. The van der Waals surface area contributed by atoms with Crippen molar-refractivity contribution >= 4 is 47.8 Å². The topological polar surface area (TPSA) is 438 Å². The minimum Gasteiger partial charge on any atom is -0.549 e. The Bertz CT molecular complexity index is 753. The number of nitrogens with zero attached hydrogens (tertiary/aromatic N) is 4. The smallest absolute Gasteiger partial charge is 0.549 e. The molecule has 0 amide bonds. The van der Waals surface area contributed by atoms with Crippen molar-refractivity contribution in [3.63, 3.8) is 0 Å². The van der Waals surface area contributed by atoms with Crippen LogP contribution in [0.1, 0.15) is 12.8 Å². The number of aliphatic carboxylic acids is 8. The van der Waals surface area contributed by atoms with Gasteiger partial charge >= 0.3 is 34.1 Å². The Morgan fingerprint density at radius 3 is 0.511 bits per heavy atom. The molecule has 0 unspecified atom stereocenters. The van der Waals surface area contributed by atoms with Crippen molar-refractivity contribution in [3.05, 3.63) is 0 Å². The van der Waals surface area contributed by atoms with Gasteiger partial charge in [-0.2, -0.15) is 0 Å². The van der Waals surface area contributed by atoms with Crippen molar-refractivity contribution in [2.75, 3.05) is 78.5 Å². The Morgan fingerprint density at radius 2 is 0.426 bits per heavy atom. The first-order chi connectivity index (χ1) is 19.4. The molecule has 0 rings (SSSR count). The summed E-state index contributed by atoms with van der Waals surface area (Å²) in [7, 11) is 0. The third-order valence-electron chi connectivity index (χ3n) is 4.72. The van der Waals surface area contributed by atoms with E-state index >= 15 is 0 Å². The van der Waals surface area contributed by atoms with Crippen LogP contribution in [0, 0.1) is 0 Å². The van der Waals surface area contributed by atoms with E-state index in [4.69, 9.17) is 0 Å². The number of quaternary nitrogens is 2. The number of hydrogen-bond donors (Lipinski definition) is 2. The maximum atomic E-state index is 10.4. The molecule has 0 aromatic rings. The van der Waals surface area contributed by atoms with Crippen LogP contribution < -0.4 is 53.2 Å². The molecule has 25 heteroatoms. The molecule has 0 aromatic heterocycles. The molecule has 0 bridgehead atoms. The molecule has 0 fully saturated rings. The first-order valence-electron chi connectivity index (χ1n) is 11.9. The summed E-state index contributed by atoms with van der Waals surface area (Å²) in [6.07, 6.45) is 0.280. The van der Waals surface area contributed by atoms with Gasteiger partial charge in [-0.05, 0) is 12.8 Å². The van der Waals surface area contributed by atoms with Crippen LogP contribution in [0.3, 0.4) is 0 Å². The Hall–Kier alpha value is -3.48. The number of rotatable bonds is 24. The van der Waals surface area contributed by atoms with Crippen LogP contribution in [0.2, 0.25) is 0 Å². The van der Waals surface area contributed by atoms with E-state index in [-0.39, 0.29) is 90.9 Å². The summed E-state index contributed by atoms with van der Waals surface area (Å²) in [4.78, 5) is 87.5. The Labute approximate surface area is 289 Å². The van der Waals surface area contributed by atoms with Gasteiger partial charge in [0, 0.05) is 78.5 Å². The van der Waals surface area contributed by atoms with Crippen molar-refractivity contribution in [2.24, 2.45) is 0 Å². The first-order valence-corrected chi connectivity index (χ1v) is 11.9. The Kier molecular flexibility index (Phi) is 42.5. The molecule has 0 atom stereocenters. The van der Waals surface area contributed by atoms with Crippen molar-refractivity contribution in [2.45, 2.75) is 12.8 Å². The van der Waals surface area contributed by atoms with Gasteiger partial charge in [-0.15, -0.1) is 0 Å². The molecular formula is C22H38Fe2N6O17. The fourth-order valence-corrected chi connectivity index (χ4v) is 3.35. The molecule has 0 aliphatic carbocycles. The summed E-state index contributed by atoms with van der Waals surface area (Å²) in [5, 5.41) is 83.4. The van der Waals surface area contributed by atoms with Gasteiger partial charge in [0.15, 0.2) is 0 Å². The number of carboxylic acids is 8. The van der Waals surface area contributed by atoms with Gasteiger partial charge in [-0.25, -0.2) is 0 Å². The van der Waals surface area contributed by atoms with E-state index in [2.05, 4.69) is 0 Å². The SMILES string of the molecule is O.O=C([O-])CN(CCCN(CC(=O)[O-])CC(=O)[O-])CC(=O)[O-].O=C([O-])CN(CCCN(CC(=O)[O-])CC(=O)[O-])CC(=O)[O-].[Fe+3].[Fe+3].[NH4+].[NH4+]. The number of hydrogen-bond acceptors (Lipinski definition) is 20. The predicted molar refractivity (Wildman–Crippen MR) is 131 cm³/mol. The molecule has 10 N–H and O–H groups in total. The van der Waals surface area contributed by atoms with E-state index in [9.17, 15) is 79.2 Å². The average Bonchev–Trinajstić information content (AvgIpc) is 2.76. The Balaban J connectivity index is -0.000000123. The number of carboxylic acid groups (broad SMARTS) is 8. The second-order valence-electron chi connectivity index (χ2n) is 8.53. The summed E-state index contributed by atoms with van der Waals surface area (Å²) in [5.41, 5.74) is 0. The van der Waals surface area contributed by atoms with Crippen molar-refractivity contribution in [1.82, 2.24) is 31.9 Å². The van der Waals surface area contributed by atoms with Crippen LogP contribution in [0.5, 0.6) is 0 Å². The average molecular weight is 770 g/mol. The molecule has 0 aromatic carbocycles. The molecule has 274 valence electrons. The van der Waals surface area contributed by atoms with E-state index in [1.54, 1.807) is 0 Å². The standard InChI is InChI=1S/2C11H18N2O8.2Fe.2H3N.H2O/c2*14-8(15)4-12(5-9(16)17)2-1-3-13(6-10(18)19)7-11(20)21;;;;;/h2*1-7H2,(H,14,15)(H,16,17)(H,18,19)(H,20,21);;;2*1H3;1H2/q;;2*+3;;;/p-6. The zero-order chi connectivity index (χ0) is 32.8. The minimum absolute atomic E-state index is 0. The second kappa shape index (κ2) is 33.9. The van der Waals surface area contributed by atoms with Gasteiger partial charge in [0.25, 0.3) is 0 Å². The van der Waals surface area contributed by atoms with Crippen molar-refractivity contribution in [1.29, 1.82) is 0 Å². The fraction of sp³-hybridized carbons (Fsp3) is 0.636. The number of carbonyl (C=O) groups is 8. The van der Waals surface area contributed by atoms with E-state index in [0.29, 0.717) is 0 Å². The minimum atomic E-state index is -1.47. The van der Waals surface area contributed by atoms with Gasteiger partial charge in [0.1, 0.15) is 0 Å². The van der Waals surface area contributed by atoms with Gasteiger partial charge in [0.2, 0.25) is 0 Å². The summed E-state index contributed by atoms with van der Waals surface area (Å²) in [6, 6.07) is 0. The van der Waals surface area contributed by atoms with Crippen LogP contribution in [-0.2, 0) is 72.5 Å². The molecular weight excluding hydrogens is 732 g/mol. The quantitative estimate of drug-likeness (QED) is 0.0860. The van der Waals surface area contributed by atoms with E-state index in [0.717, 1.165) is 19.6 Å². The summed E-state index contributed by atoms with van der Waals surface area (Å²) in [5.74, 6) is -11.8. The van der Waals surface area contributed by atoms with Crippen LogP contribution in [-0.4, -0.2) is 151 Å². The predicted octanol–water partition coefficient (Wildman–Crippen LogP) is -14.1. The normalized spacial score (nSPS) is 9.62. The molecule has 0 heterocycles. The summed E-state index contributed by atoms with van der Waals surface area (Å²) >= 11 is 0. The van der Waals surface area contributed by atoms with Gasteiger partial charge in [-0.1, -0.05) is 0 Å². The maximum absolute atomic E-state index is 10.4. The maximum Gasteiger partial charge on any atom is 3.00 e. The van der Waals surface area contributed by atoms with Crippen LogP contribution in [0.25, 0.3) is 0 Å². The molecule has 0 saturated carbocycles.